The summed E-state index contributed by atoms with van der Waals surface area (Å²) < 4.78 is 10.5. The van der Waals surface area contributed by atoms with Crippen LogP contribution in [0.1, 0.15) is 23.6 Å². The number of hydrogen-bond donors (Lipinski definition) is 1. The number of ether oxygens (including phenoxy) is 2. The van der Waals surface area contributed by atoms with Crippen LogP contribution in [0.3, 0.4) is 0 Å². The zero-order valence-electron chi connectivity index (χ0n) is 20.7. The van der Waals surface area contributed by atoms with Gasteiger partial charge >= 0.3 is 0 Å². The number of nitrogens with one attached hydrogen (secondary N) is 1. The van der Waals surface area contributed by atoms with Crippen molar-refractivity contribution in [1.29, 1.82) is 0 Å². The Morgan fingerprint density at radius 1 is 0.944 bits per heavy atom. The van der Waals surface area contributed by atoms with Gasteiger partial charge in [-0.15, -0.1) is 0 Å². The number of amides is 2. The Morgan fingerprint density at radius 2 is 1.67 bits per heavy atom. The zero-order chi connectivity index (χ0) is 25.5. The van der Waals surface area contributed by atoms with Gasteiger partial charge in [0.15, 0.2) is 0 Å². The minimum atomic E-state index is -0.238. The second kappa shape index (κ2) is 11.5. The van der Waals surface area contributed by atoms with Crippen molar-refractivity contribution < 1.29 is 19.1 Å². The lowest BCUT2D eigenvalue weighted by atomic mass is 9.98. The summed E-state index contributed by atoms with van der Waals surface area (Å²) in [4.78, 5) is 27.6. The highest BCUT2D eigenvalue weighted by Gasteiger charge is 2.33. The average Bonchev–Trinajstić information content (AvgIpc) is 3.35. The molecule has 1 N–H and O–H groups in total. The number of anilines is 1. The number of hydrogen-bond acceptors (Lipinski definition) is 6. The van der Waals surface area contributed by atoms with Gasteiger partial charge in [0.05, 0.1) is 39.1 Å². The van der Waals surface area contributed by atoms with Gasteiger partial charge in [0.25, 0.3) is 5.91 Å². The highest BCUT2D eigenvalue weighted by Crippen LogP contribution is 2.33. The average molecular weight is 487 g/mol. The summed E-state index contributed by atoms with van der Waals surface area (Å²) in [6, 6.07) is 24.4. The monoisotopic (exact) mass is 486 g/mol. The smallest absolute Gasteiger partial charge is 0.257 e. The Labute approximate surface area is 211 Å². The number of carbonyl (C=O) groups is 2. The molecule has 1 heterocycles. The van der Waals surface area contributed by atoms with E-state index in [1.807, 2.05) is 54.6 Å². The van der Waals surface area contributed by atoms with E-state index >= 15 is 0 Å². The maximum atomic E-state index is 13.4. The summed E-state index contributed by atoms with van der Waals surface area (Å²) in [5, 5.41) is 9.09. The lowest BCUT2D eigenvalue weighted by Crippen LogP contribution is -2.39. The molecule has 8 heteroatoms. The molecule has 1 aliphatic rings. The number of likely N-dealkylation sites (N-methyl/N-ethyl adjacent to an activating group) is 1. The van der Waals surface area contributed by atoms with Gasteiger partial charge < -0.3 is 14.8 Å². The van der Waals surface area contributed by atoms with Crippen LogP contribution in [0.5, 0.6) is 11.5 Å². The Bertz CT molecular complexity index is 1230. The van der Waals surface area contributed by atoms with Gasteiger partial charge in [0.1, 0.15) is 11.5 Å². The van der Waals surface area contributed by atoms with Crippen molar-refractivity contribution in [2.24, 2.45) is 5.10 Å². The molecule has 1 atom stereocenters. The van der Waals surface area contributed by atoms with Crippen LogP contribution in [0.4, 0.5) is 5.69 Å². The fourth-order valence-corrected chi connectivity index (χ4v) is 4.14. The third-order valence-electron chi connectivity index (χ3n) is 5.95. The van der Waals surface area contributed by atoms with Gasteiger partial charge in [-0.3, -0.25) is 14.5 Å². The fraction of sp³-hybridized carbons (Fsp3) is 0.250. The summed E-state index contributed by atoms with van der Waals surface area (Å²) in [5.74, 6) is 1.00. The Hall–Kier alpha value is -4.17. The van der Waals surface area contributed by atoms with Crippen LogP contribution in [0, 0.1) is 0 Å². The van der Waals surface area contributed by atoms with Crippen LogP contribution < -0.4 is 14.8 Å². The molecule has 186 valence electrons. The molecule has 0 saturated heterocycles. The van der Waals surface area contributed by atoms with Crippen LogP contribution in [-0.4, -0.2) is 61.8 Å². The van der Waals surface area contributed by atoms with Crippen molar-refractivity contribution in [2.45, 2.75) is 12.5 Å². The minimum absolute atomic E-state index is 0.0454. The quantitative estimate of drug-likeness (QED) is 0.495. The topological polar surface area (TPSA) is 83.5 Å². The number of methoxy groups -OCH3 is 2. The second-order valence-corrected chi connectivity index (χ2v) is 8.60. The van der Waals surface area contributed by atoms with Crippen molar-refractivity contribution in [3.05, 3.63) is 90.0 Å². The third kappa shape index (κ3) is 6.09. The highest BCUT2D eigenvalue weighted by molar-refractivity contribution is 6.03. The molecule has 0 bridgehead atoms. The normalized spacial score (nSPS) is 14.9. The molecule has 1 unspecified atom stereocenters. The molecule has 36 heavy (non-hydrogen) atoms. The highest BCUT2D eigenvalue weighted by atomic mass is 16.5. The lowest BCUT2D eigenvalue weighted by Gasteiger charge is -2.24. The maximum Gasteiger partial charge on any atom is 0.257 e. The van der Waals surface area contributed by atoms with Crippen LogP contribution >= 0.6 is 0 Å². The molecule has 0 radical (unpaired) electrons. The van der Waals surface area contributed by atoms with Crippen LogP contribution in [0.2, 0.25) is 0 Å². The number of benzene rings is 3. The van der Waals surface area contributed by atoms with E-state index in [2.05, 4.69) is 5.32 Å². The predicted molar refractivity (Wildman–Crippen MR) is 139 cm³/mol. The van der Waals surface area contributed by atoms with Crippen molar-refractivity contribution in [2.75, 3.05) is 39.7 Å². The molecule has 0 aliphatic carbocycles. The standard InChI is InChI=1S/C28H30N4O4/c1-31(18-27(33)29-22-10-7-11-24(16-22)36-3)19-28(34)32-26(21-12-14-23(35-2)15-13-21)17-25(30-32)20-8-5-4-6-9-20/h4-16,26H,17-19H2,1-3H3,(H,29,33). The summed E-state index contributed by atoms with van der Waals surface area (Å²) in [7, 11) is 4.93. The second-order valence-electron chi connectivity index (χ2n) is 8.60. The van der Waals surface area contributed by atoms with Gasteiger partial charge in [0, 0.05) is 18.2 Å². The first-order chi connectivity index (χ1) is 17.5. The first-order valence-electron chi connectivity index (χ1n) is 11.7. The maximum absolute atomic E-state index is 13.4. The Balaban J connectivity index is 1.45. The summed E-state index contributed by atoms with van der Waals surface area (Å²) in [6.07, 6.45) is 0.599. The molecule has 2 amide bonds. The Morgan fingerprint density at radius 3 is 2.36 bits per heavy atom. The molecule has 0 saturated carbocycles. The molecule has 1 aliphatic heterocycles. The molecular weight excluding hydrogens is 456 g/mol. The van der Waals surface area contributed by atoms with Crippen molar-refractivity contribution in [3.63, 3.8) is 0 Å². The van der Waals surface area contributed by atoms with Gasteiger partial charge in [0.2, 0.25) is 5.91 Å². The molecule has 0 fully saturated rings. The van der Waals surface area contributed by atoms with E-state index in [0.717, 1.165) is 22.6 Å². The summed E-state index contributed by atoms with van der Waals surface area (Å²) >= 11 is 0. The molecular formula is C28H30N4O4. The number of rotatable bonds is 9. The number of carbonyl (C=O) groups excluding carboxylic acids is 2. The van der Waals surface area contributed by atoms with Gasteiger partial charge in [-0.1, -0.05) is 48.5 Å². The molecule has 0 spiro atoms. The van der Waals surface area contributed by atoms with Crippen LogP contribution in [0.15, 0.2) is 84.0 Å². The zero-order valence-corrected chi connectivity index (χ0v) is 20.7. The molecule has 3 aromatic carbocycles. The molecule has 3 aromatic rings. The SMILES string of the molecule is COc1ccc(C2CC(c3ccccc3)=NN2C(=O)CN(C)CC(=O)Nc2cccc(OC)c2)cc1. The van der Waals surface area contributed by atoms with Gasteiger partial charge in [-0.05, 0) is 42.4 Å². The van der Waals surface area contributed by atoms with E-state index in [9.17, 15) is 9.59 Å². The van der Waals surface area contributed by atoms with Gasteiger partial charge in [-0.2, -0.15) is 5.10 Å². The number of nitrogens with zero attached hydrogens (tertiary/aromatic N) is 3. The lowest BCUT2D eigenvalue weighted by molar-refractivity contribution is -0.134. The first-order valence-corrected chi connectivity index (χ1v) is 11.7. The first kappa shape index (κ1) is 24.9. The van der Waals surface area contributed by atoms with E-state index in [1.165, 1.54) is 0 Å². The summed E-state index contributed by atoms with van der Waals surface area (Å²) in [6.45, 7) is 0.100. The van der Waals surface area contributed by atoms with Crippen LogP contribution in [0.25, 0.3) is 0 Å². The molecule has 0 aromatic heterocycles. The largest absolute Gasteiger partial charge is 0.497 e. The van der Waals surface area contributed by atoms with E-state index in [4.69, 9.17) is 14.6 Å². The number of hydrazone groups is 1. The van der Waals surface area contributed by atoms with E-state index in [0.29, 0.717) is 17.9 Å². The summed E-state index contributed by atoms with van der Waals surface area (Å²) in [5.41, 5.74) is 3.44. The van der Waals surface area contributed by atoms with Gasteiger partial charge in [-0.25, -0.2) is 5.01 Å². The predicted octanol–water partition coefficient (Wildman–Crippen LogP) is 3.95. The minimum Gasteiger partial charge on any atom is -0.497 e. The molecule has 4 rings (SSSR count). The third-order valence-corrected chi connectivity index (χ3v) is 5.95. The Kier molecular flexibility index (Phi) is 7.97. The fourth-order valence-electron chi connectivity index (χ4n) is 4.14. The van der Waals surface area contributed by atoms with E-state index in [-0.39, 0.29) is 30.9 Å². The van der Waals surface area contributed by atoms with Crippen molar-refractivity contribution >= 4 is 23.2 Å². The van der Waals surface area contributed by atoms with Crippen LogP contribution in [-0.2, 0) is 9.59 Å². The van der Waals surface area contributed by atoms with Crippen molar-refractivity contribution in [3.8, 4) is 11.5 Å². The van der Waals surface area contributed by atoms with Crippen molar-refractivity contribution in [1.82, 2.24) is 9.91 Å². The molecule has 8 nitrogen and oxygen atoms in total. The van der Waals surface area contributed by atoms with E-state index < -0.39 is 0 Å². The van der Waals surface area contributed by atoms with E-state index in [1.54, 1.807) is 55.4 Å².